The smallest absolute Gasteiger partial charge is 0.133 e. The van der Waals surface area contributed by atoms with Gasteiger partial charge in [-0.3, -0.25) is 0 Å². The van der Waals surface area contributed by atoms with Crippen LogP contribution in [0, 0.1) is 0 Å². The number of hydrogen-bond acceptors (Lipinski definition) is 4. The SMILES string of the molecule is CC(Nc1cc(N(C)C)ncn1)c1ccccc1. The highest BCUT2D eigenvalue weighted by atomic mass is 15.2. The van der Waals surface area contributed by atoms with E-state index in [4.69, 9.17) is 0 Å². The van der Waals surface area contributed by atoms with Crippen molar-refractivity contribution in [1.29, 1.82) is 0 Å². The molecule has 1 N–H and O–H groups in total. The minimum absolute atomic E-state index is 0.219. The first-order chi connectivity index (χ1) is 8.66. The third kappa shape index (κ3) is 2.97. The molecule has 1 atom stereocenters. The van der Waals surface area contributed by atoms with Crippen molar-refractivity contribution in [1.82, 2.24) is 9.97 Å². The van der Waals surface area contributed by atoms with Crippen LogP contribution in [0.3, 0.4) is 0 Å². The Kier molecular flexibility index (Phi) is 3.77. The van der Waals surface area contributed by atoms with Crippen molar-refractivity contribution in [3.8, 4) is 0 Å². The molecule has 1 unspecified atom stereocenters. The van der Waals surface area contributed by atoms with Crippen molar-refractivity contribution in [3.63, 3.8) is 0 Å². The summed E-state index contributed by atoms with van der Waals surface area (Å²) in [5.41, 5.74) is 1.24. The maximum Gasteiger partial charge on any atom is 0.133 e. The summed E-state index contributed by atoms with van der Waals surface area (Å²) in [5, 5.41) is 3.38. The van der Waals surface area contributed by atoms with Gasteiger partial charge in [0.25, 0.3) is 0 Å². The maximum atomic E-state index is 4.24. The third-order valence-corrected chi connectivity index (χ3v) is 2.77. The van der Waals surface area contributed by atoms with Gasteiger partial charge in [0.15, 0.2) is 0 Å². The fraction of sp³-hybridized carbons (Fsp3) is 0.286. The van der Waals surface area contributed by atoms with E-state index in [-0.39, 0.29) is 6.04 Å². The number of rotatable bonds is 4. The van der Waals surface area contributed by atoms with Crippen molar-refractivity contribution < 1.29 is 0 Å². The molecular weight excluding hydrogens is 224 g/mol. The van der Waals surface area contributed by atoms with Gasteiger partial charge in [0, 0.05) is 26.2 Å². The Hall–Kier alpha value is -2.10. The van der Waals surface area contributed by atoms with Crippen LogP contribution in [0.25, 0.3) is 0 Å². The van der Waals surface area contributed by atoms with Crippen LogP contribution in [-0.2, 0) is 0 Å². The van der Waals surface area contributed by atoms with E-state index in [0.29, 0.717) is 0 Å². The van der Waals surface area contributed by atoms with Crippen molar-refractivity contribution in [3.05, 3.63) is 48.3 Å². The van der Waals surface area contributed by atoms with E-state index in [1.54, 1.807) is 6.33 Å². The Morgan fingerprint density at radius 1 is 1.11 bits per heavy atom. The van der Waals surface area contributed by atoms with E-state index >= 15 is 0 Å². The Morgan fingerprint density at radius 3 is 2.50 bits per heavy atom. The van der Waals surface area contributed by atoms with Gasteiger partial charge in [-0.25, -0.2) is 9.97 Å². The van der Waals surface area contributed by atoms with Gasteiger partial charge >= 0.3 is 0 Å². The molecule has 0 fully saturated rings. The molecule has 94 valence electrons. The monoisotopic (exact) mass is 242 g/mol. The molecule has 4 nitrogen and oxygen atoms in total. The number of anilines is 2. The molecule has 0 aliphatic carbocycles. The summed E-state index contributed by atoms with van der Waals surface area (Å²) >= 11 is 0. The van der Waals surface area contributed by atoms with Crippen LogP contribution < -0.4 is 10.2 Å². The Labute approximate surface area is 108 Å². The Bertz CT molecular complexity index is 496. The highest BCUT2D eigenvalue weighted by Gasteiger charge is 2.06. The highest BCUT2D eigenvalue weighted by Crippen LogP contribution is 2.19. The van der Waals surface area contributed by atoms with E-state index in [9.17, 15) is 0 Å². The van der Waals surface area contributed by atoms with Gasteiger partial charge < -0.3 is 10.2 Å². The van der Waals surface area contributed by atoms with Gasteiger partial charge in [0.2, 0.25) is 0 Å². The topological polar surface area (TPSA) is 41.0 Å². The molecule has 2 rings (SSSR count). The number of nitrogens with zero attached hydrogens (tertiary/aromatic N) is 3. The zero-order chi connectivity index (χ0) is 13.0. The average Bonchev–Trinajstić information content (AvgIpc) is 2.40. The molecule has 1 heterocycles. The maximum absolute atomic E-state index is 4.24. The van der Waals surface area contributed by atoms with Crippen LogP contribution in [0.4, 0.5) is 11.6 Å². The van der Waals surface area contributed by atoms with Crippen LogP contribution in [0.1, 0.15) is 18.5 Å². The molecule has 0 radical (unpaired) electrons. The molecule has 1 aromatic heterocycles. The first-order valence-corrected chi connectivity index (χ1v) is 5.97. The van der Waals surface area contributed by atoms with Crippen molar-refractivity contribution >= 4 is 11.6 Å². The molecule has 0 aliphatic rings. The lowest BCUT2D eigenvalue weighted by Gasteiger charge is -2.16. The first-order valence-electron chi connectivity index (χ1n) is 5.97. The van der Waals surface area contributed by atoms with Crippen LogP contribution in [0.2, 0.25) is 0 Å². The molecule has 0 saturated heterocycles. The number of aromatic nitrogens is 2. The quantitative estimate of drug-likeness (QED) is 0.895. The van der Waals surface area contributed by atoms with Crippen molar-refractivity contribution in [2.75, 3.05) is 24.3 Å². The highest BCUT2D eigenvalue weighted by molar-refractivity contribution is 5.48. The predicted octanol–water partition coefficient (Wildman–Crippen LogP) is 2.72. The largest absolute Gasteiger partial charge is 0.363 e. The van der Waals surface area contributed by atoms with Gasteiger partial charge in [-0.15, -0.1) is 0 Å². The Balaban J connectivity index is 2.12. The molecule has 0 bridgehead atoms. The zero-order valence-electron chi connectivity index (χ0n) is 11.0. The molecule has 0 saturated carbocycles. The minimum atomic E-state index is 0.219. The van der Waals surface area contributed by atoms with Gasteiger partial charge in [-0.2, -0.15) is 0 Å². The number of hydrogen-bond donors (Lipinski definition) is 1. The van der Waals surface area contributed by atoms with E-state index in [1.165, 1.54) is 5.56 Å². The van der Waals surface area contributed by atoms with Crippen LogP contribution in [-0.4, -0.2) is 24.1 Å². The van der Waals surface area contributed by atoms with E-state index < -0.39 is 0 Å². The summed E-state index contributed by atoms with van der Waals surface area (Å²) in [6.07, 6.45) is 1.58. The van der Waals surface area contributed by atoms with Crippen molar-refractivity contribution in [2.24, 2.45) is 0 Å². The second-order valence-electron chi connectivity index (χ2n) is 4.43. The van der Waals surface area contributed by atoms with Crippen molar-refractivity contribution in [2.45, 2.75) is 13.0 Å². The molecule has 0 aliphatic heterocycles. The minimum Gasteiger partial charge on any atom is -0.363 e. The fourth-order valence-electron chi connectivity index (χ4n) is 1.72. The summed E-state index contributed by atoms with van der Waals surface area (Å²) in [4.78, 5) is 10.4. The van der Waals surface area contributed by atoms with E-state index in [1.807, 2.05) is 43.3 Å². The molecule has 2 aromatic rings. The molecule has 0 amide bonds. The summed E-state index contributed by atoms with van der Waals surface area (Å²) < 4.78 is 0. The normalized spacial score (nSPS) is 11.9. The van der Waals surface area contributed by atoms with Crippen LogP contribution in [0.15, 0.2) is 42.7 Å². The van der Waals surface area contributed by atoms with Gasteiger partial charge in [-0.05, 0) is 12.5 Å². The lowest BCUT2D eigenvalue weighted by atomic mass is 10.1. The molecule has 18 heavy (non-hydrogen) atoms. The van der Waals surface area contributed by atoms with Crippen LogP contribution >= 0.6 is 0 Å². The summed E-state index contributed by atoms with van der Waals surface area (Å²) in [6, 6.07) is 12.5. The van der Waals surface area contributed by atoms with Gasteiger partial charge in [-0.1, -0.05) is 30.3 Å². The molecule has 0 spiro atoms. The second kappa shape index (κ2) is 5.49. The molecule has 4 heteroatoms. The second-order valence-corrected chi connectivity index (χ2v) is 4.43. The van der Waals surface area contributed by atoms with E-state index in [2.05, 4.69) is 34.3 Å². The van der Waals surface area contributed by atoms with Gasteiger partial charge in [0.1, 0.15) is 18.0 Å². The summed E-state index contributed by atoms with van der Waals surface area (Å²) in [6.45, 7) is 2.12. The summed E-state index contributed by atoms with van der Waals surface area (Å²) in [7, 11) is 3.93. The molecular formula is C14H18N4. The Morgan fingerprint density at radius 2 is 1.83 bits per heavy atom. The van der Waals surface area contributed by atoms with Crippen LogP contribution in [0.5, 0.6) is 0 Å². The van der Waals surface area contributed by atoms with E-state index in [0.717, 1.165) is 11.6 Å². The zero-order valence-corrected chi connectivity index (χ0v) is 11.0. The third-order valence-electron chi connectivity index (χ3n) is 2.77. The first kappa shape index (κ1) is 12.4. The molecule has 1 aromatic carbocycles. The lowest BCUT2D eigenvalue weighted by molar-refractivity contribution is 0.870. The number of nitrogens with one attached hydrogen (secondary N) is 1. The average molecular weight is 242 g/mol. The van der Waals surface area contributed by atoms with Gasteiger partial charge in [0.05, 0.1) is 0 Å². The standard InChI is InChI=1S/C14H18N4/c1-11(12-7-5-4-6-8-12)17-13-9-14(18(2)3)16-10-15-13/h4-11H,1-3H3,(H,15,16,17). The fourth-order valence-corrected chi connectivity index (χ4v) is 1.72. The predicted molar refractivity (Wildman–Crippen MR) is 74.8 cm³/mol. The summed E-state index contributed by atoms with van der Waals surface area (Å²) in [5.74, 6) is 1.73. The number of benzene rings is 1. The lowest BCUT2D eigenvalue weighted by Crippen LogP contribution is -2.13.